The van der Waals surface area contributed by atoms with Gasteiger partial charge in [0.15, 0.2) is 0 Å². The van der Waals surface area contributed by atoms with Gasteiger partial charge in [-0.3, -0.25) is 0 Å². The maximum atomic E-state index is 5.44. The normalized spacial score (nSPS) is 14.6. The van der Waals surface area contributed by atoms with Crippen molar-refractivity contribution < 1.29 is 4.74 Å². The summed E-state index contributed by atoms with van der Waals surface area (Å²) in [4.78, 5) is 0. The minimum absolute atomic E-state index is 0.568. The van der Waals surface area contributed by atoms with Crippen molar-refractivity contribution in [3.05, 3.63) is 29.3 Å². The van der Waals surface area contributed by atoms with Crippen molar-refractivity contribution in [1.82, 2.24) is 0 Å². The van der Waals surface area contributed by atoms with Gasteiger partial charge in [0.25, 0.3) is 0 Å². The van der Waals surface area contributed by atoms with Crippen molar-refractivity contribution in [2.45, 2.75) is 52.4 Å². The van der Waals surface area contributed by atoms with Crippen LogP contribution in [0, 0.1) is 0 Å². The van der Waals surface area contributed by atoms with Crippen LogP contribution in [0.5, 0.6) is 5.75 Å². The summed E-state index contributed by atoms with van der Waals surface area (Å²) in [6, 6.07) is 6.63. The number of ether oxygens (including phenoxy) is 1. The van der Waals surface area contributed by atoms with E-state index in [1.165, 1.54) is 17.5 Å². The van der Waals surface area contributed by atoms with E-state index in [4.69, 9.17) is 4.74 Å². The highest BCUT2D eigenvalue weighted by atomic mass is 16.5. The van der Waals surface area contributed by atoms with Gasteiger partial charge in [-0.1, -0.05) is 39.8 Å². The summed E-state index contributed by atoms with van der Waals surface area (Å²) in [5, 5.41) is 0. The minimum Gasteiger partial charge on any atom is -0.496 e. The quantitative estimate of drug-likeness (QED) is 0.697. The van der Waals surface area contributed by atoms with Crippen molar-refractivity contribution in [1.29, 1.82) is 0 Å². The monoisotopic (exact) mass is 220 g/mol. The molecule has 1 aromatic rings. The summed E-state index contributed by atoms with van der Waals surface area (Å²) in [7, 11) is 1.75. The molecule has 1 aromatic carbocycles. The zero-order chi connectivity index (χ0) is 12.1. The third kappa shape index (κ3) is 2.78. The highest BCUT2D eigenvalue weighted by Crippen LogP contribution is 2.32. The number of hydrogen-bond donors (Lipinski definition) is 0. The number of hydrogen-bond acceptors (Lipinski definition) is 1. The molecule has 0 saturated heterocycles. The van der Waals surface area contributed by atoms with E-state index in [1.807, 2.05) is 0 Å². The van der Waals surface area contributed by atoms with Crippen LogP contribution < -0.4 is 4.74 Å². The van der Waals surface area contributed by atoms with Crippen LogP contribution in [-0.2, 0) is 0 Å². The third-order valence-corrected chi connectivity index (χ3v) is 3.58. The van der Waals surface area contributed by atoms with E-state index in [2.05, 4.69) is 45.9 Å². The maximum absolute atomic E-state index is 5.44. The Kier molecular flexibility index (Phi) is 4.85. The molecule has 0 amide bonds. The molecule has 2 unspecified atom stereocenters. The Hall–Kier alpha value is -0.980. The van der Waals surface area contributed by atoms with Gasteiger partial charge in [-0.15, -0.1) is 0 Å². The molecule has 1 rings (SSSR count). The molecule has 0 aromatic heterocycles. The molecule has 0 aliphatic rings. The Bertz CT molecular complexity index is 330. The summed E-state index contributed by atoms with van der Waals surface area (Å²) < 4.78 is 5.44. The molecule has 0 radical (unpaired) electrons. The first kappa shape index (κ1) is 13.1. The Morgan fingerprint density at radius 2 is 1.69 bits per heavy atom. The second-order valence-electron chi connectivity index (χ2n) is 4.62. The van der Waals surface area contributed by atoms with Gasteiger partial charge in [0.05, 0.1) is 7.11 Å². The number of methoxy groups -OCH3 is 1. The van der Waals surface area contributed by atoms with Crippen LogP contribution in [0.2, 0.25) is 0 Å². The van der Waals surface area contributed by atoms with E-state index >= 15 is 0 Å². The number of benzene rings is 1. The lowest BCUT2D eigenvalue weighted by Crippen LogP contribution is -2.00. The highest BCUT2D eigenvalue weighted by molar-refractivity contribution is 5.40. The van der Waals surface area contributed by atoms with Gasteiger partial charge in [-0.05, 0) is 41.9 Å². The predicted octanol–water partition coefficient (Wildman–Crippen LogP) is 4.72. The fourth-order valence-electron chi connectivity index (χ4n) is 1.90. The SMILES string of the molecule is CCC(C)c1ccc(OC)c(C(C)CC)c1. The van der Waals surface area contributed by atoms with Gasteiger partial charge < -0.3 is 4.74 Å². The van der Waals surface area contributed by atoms with Crippen molar-refractivity contribution in [3.8, 4) is 5.75 Å². The molecule has 0 bridgehead atoms. The van der Waals surface area contributed by atoms with Gasteiger partial charge in [0.1, 0.15) is 5.75 Å². The van der Waals surface area contributed by atoms with E-state index in [9.17, 15) is 0 Å². The molecular weight excluding hydrogens is 196 g/mol. The summed E-state index contributed by atoms with van der Waals surface area (Å²) >= 11 is 0. The number of rotatable bonds is 5. The van der Waals surface area contributed by atoms with E-state index in [1.54, 1.807) is 7.11 Å². The van der Waals surface area contributed by atoms with Crippen LogP contribution >= 0.6 is 0 Å². The van der Waals surface area contributed by atoms with Gasteiger partial charge >= 0.3 is 0 Å². The first-order valence-corrected chi connectivity index (χ1v) is 6.31. The van der Waals surface area contributed by atoms with E-state index in [-0.39, 0.29) is 0 Å². The van der Waals surface area contributed by atoms with Crippen LogP contribution in [0.1, 0.15) is 63.5 Å². The molecule has 0 fully saturated rings. The first-order valence-electron chi connectivity index (χ1n) is 6.31. The molecule has 1 nitrogen and oxygen atoms in total. The van der Waals surface area contributed by atoms with Crippen LogP contribution in [0.25, 0.3) is 0 Å². The molecule has 0 aliphatic carbocycles. The predicted molar refractivity (Wildman–Crippen MR) is 70.4 cm³/mol. The van der Waals surface area contributed by atoms with Crippen molar-refractivity contribution in [2.75, 3.05) is 7.11 Å². The average molecular weight is 220 g/mol. The standard InChI is InChI=1S/C15H24O/c1-6-11(3)13-8-9-15(16-5)14(10-13)12(4)7-2/h8-12H,6-7H2,1-5H3. The zero-order valence-electron chi connectivity index (χ0n) is 11.2. The van der Waals surface area contributed by atoms with Crippen LogP contribution in [0.3, 0.4) is 0 Å². The second kappa shape index (κ2) is 5.93. The molecule has 0 saturated carbocycles. The molecule has 0 N–H and O–H groups in total. The topological polar surface area (TPSA) is 9.23 Å². The van der Waals surface area contributed by atoms with Crippen LogP contribution in [0.4, 0.5) is 0 Å². The van der Waals surface area contributed by atoms with Gasteiger partial charge in [0, 0.05) is 0 Å². The lowest BCUT2D eigenvalue weighted by molar-refractivity contribution is 0.405. The molecule has 0 heterocycles. The van der Waals surface area contributed by atoms with Gasteiger partial charge in [-0.2, -0.15) is 0 Å². The Morgan fingerprint density at radius 3 is 2.19 bits per heavy atom. The Balaban J connectivity index is 3.10. The van der Waals surface area contributed by atoms with E-state index in [0.717, 1.165) is 12.2 Å². The minimum atomic E-state index is 0.568. The smallest absolute Gasteiger partial charge is 0.122 e. The molecule has 1 heteroatoms. The second-order valence-corrected chi connectivity index (χ2v) is 4.62. The molecule has 0 spiro atoms. The summed E-state index contributed by atoms with van der Waals surface area (Å²) in [6.07, 6.45) is 2.34. The average Bonchev–Trinajstić information content (AvgIpc) is 2.35. The Labute approximate surface area is 99.8 Å². The summed E-state index contributed by atoms with van der Waals surface area (Å²) in [5.41, 5.74) is 2.78. The molecule has 0 aliphatic heterocycles. The third-order valence-electron chi connectivity index (χ3n) is 3.58. The fourth-order valence-corrected chi connectivity index (χ4v) is 1.90. The zero-order valence-corrected chi connectivity index (χ0v) is 11.2. The van der Waals surface area contributed by atoms with Crippen molar-refractivity contribution in [3.63, 3.8) is 0 Å². The van der Waals surface area contributed by atoms with Gasteiger partial charge in [-0.25, -0.2) is 0 Å². The van der Waals surface area contributed by atoms with Crippen molar-refractivity contribution >= 4 is 0 Å². The molecule has 90 valence electrons. The van der Waals surface area contributed by atoms with Crippen molar-refractivity contribution in [2.24, 2.45) is 0 Å². The van der Waals surface area contributed by atoms with E-state index in [0.29, 0.717) is 11.8 Å². The van der Waals surface area contributed by atoms with Crippen LogP contribution in [-0.4, -0.2) is 7.11 Å². The fraction of sp³-hybridized carbons (Fsp3) is 0.600. The maximum Gasteiger partial charge on any atom is 0.122 e. The lowest BCUT2D eigenvalue weighted by atomic mass is 9.91. The largest absolute Gasteiger partial charge is 0.496 e. The molecular formula is C15H24O. The molecule has 2 atom stereocenters. The van der Waals surface area contributed by atoms with Crippen LogP contribution in [0.15, 0.2) is 18.2 Å². The summed E-state index contributed by atoms with van der Waals surface area (Å²) in [5.74, 6) is 2.23. The highest BCUT2D eigenvalue weighted by Gasteiger charge is 2.12. The Morgan fingerprint density at radius 1 is 1.06 bits per heavy atom. The van der Waals surface area contributed by atoms with E-state index < -0.39 is 0 Å². The first-order chi connectivity index (χ1) is 7.63. The summed E-state index contributed by atoms with van der Waals surface area (Å²) in [6.45, 7) is 9.00. The lowest BCUT2D eigenvalue weighted by Gasteiger charge is -2.17. The van der Waals surface area contributed by atoms with Gasteiger partial charge in [0.2, 0.25) is 0 Å². The molecule has 16 heavy (non-hydrogen) atoms.